The molecule has 3 aromatic carbocycles. The molecule has 1 heterocycles. The molecule has 0 spiro atoms. The molecule has 32 heavy (non-hydrogen) atoms. The number of hydrogen-bond donors (Lipinski definition) is 0. The Morgan fingerprint density at radius 1 is 0.812 bits per heavy atom. The van der Waals surface area contributed by atoms with Gasteiger partial charge in [-0.3, -0.25) is 4.98 Å². The number of nitrogens with zero attached hydrogens (tertiary/aromatic N) is 1. The molecule has 4 aromatic rings. The van der Waals surface area contributed by atoms with Gasteiger partial charge in [0.25, 0.3) is 0 Å². The average molecular weight is 431 g/mol. The molecule has 0 amide bonds. The first-order chi connectivity index (χ1) is 15.5. The summed E-state index contributed by atoms with van der Waals surface area (Å²) in [6, 6.07) is 16.2. The molecule has 0 aliphatic carbocycles. The standard InChI is InChI=1S/C27H20F3NO/c1-32-17-20-5-11-23(31-16-20)10-4-19-3-8-21(26(29)15-19)7-2-18-6-12-24-22(14-18)9-13-25(28)27(24)30/h3,5-6,8-9,11-16H,4,10,17H2,1H3. The fraction of sp³-hybridized carbons (Fsp3) is 0.148. The third-order valence-corrected chi connectivity index (χ3v) is 5.15. The summed E-state index contributed by atoms with van der Waals surface area (Å²) < 4.78 is 46.8. The number of aryl methyl sites for hydroxylation is 2. The quantitative estimate of drug-likeness (QED) is 0.363. The molecule has 0 aliphatic heterocycles. The van der Waals surface area contributed by atoms with Crippen LogP contribution >= 0.6 is 0 Å². The molecule has 1 aromatic heterocycles. The van der Waals surface area contributed by atoms with E-state index in [1.807, 2.05) is 18.2 Å². The molecular formula is C27H20F3NO. The summed E-state index contributed by atoms with van der Waals surface area (Å²) in [7, 11) is 1.64. The molecular weight excluding hydrogens is 411 g/mol. The van der Waals surface area contributed by atoms with Gasteiger partial charge >= 0.3 is 0 Å². The first-order valence-electron chi connectivity index (χ1n) is 10.1. The highest BCUT2D eigenvalue weighted by molar-refractivity contribution is 5.84. The second kappa shape index (κ2) is 9.67. The van der Waals surface area contributed by atoms with E-state index in [0.29, 0.717) is 30.4 Å². The van der Waals surface area contributed by atoms with Gasteiger partial charge in [0.15, 0.2) is 11.6 Å². The smallest absolute Gasteiger partial charge is 0.166 e. The summed E-state index contributed by atoms with van der Waals surface area (Å²) in [6.45, 7) is 0.523. The number of rotatable bonds is 5. The van der Waals surface area contributed by atoms with Crippen molar-refractivity contribution < 1.29 is 17.9 Å². The number of aromatic nitrogens is 1. The van der Waals surface area contributed by atoms with E-state index in [2.05, 4.69) is 16.8 Å². The van der Waals surface area contributed by atoms with E-state index in [4.69, 9.17) is 4.74 Å². The SMILES string of the molecule is COCc1ccc(CCc2ccc(C#Cc3ccc4c(F)c(F)ccc4c3)c(F)c2)nc1. The molecule has 0 saturated heterocycles. The Morgan fingerprint density at radius 3 is 2.41 bits per heavy atom. The average Bonchev–Trinajstić information content (AvgIpc) is 2.80. The van der Waals surface area contributed by atoms with Gasteiger partial charge in [0.2, 0.25) is 0 Å². The second-order valence-corrected chi connectivity index (χ2v) is 7.45. The van der Waals surface area contributed by atoms with Crippen molar-refractivity contribution in [1.82, 2.24) is 4.98 Å². The minimum absolute atomic E-state index is 0.189. The van der Waals surface area contributed by atoms with Crippen LogP contribution < -0.4 is 0 Å². The molecule has 0 saturated carbocycles. The molecule has 0 aliphatic rings. The van der Waals surface area contributed by atoms with Crippen molar-refractivity contribution in [2.45, 2.75) is 19.4 Å². The van der Waals surface area contributed by atoms with Crippen molar-refractivity contribution in [1.29, 1.82) is 0 Å². The van der Waals surface area contributed by atoms with Crippen molar-refractivity contribution in [3.8, 4) is 11.8 Å². The second-order valence-electron chi connectivity index (χ2n) is 7.45. The van der Waals surface area contributed by atoms with Crippen molar-refractivity contribution in [2.75, 3.05) is 7.11 Å². The van der Waals surface area contributed by atoms with E-state index in [0.717, 1.165) is 22.9 Å². The largest absolute Gasteiger partial charge is 0.380 e. The number of halogens is 3. The number of methoxy groups -OCH3 is 1. The molecule has 0 atom stereocenters. The zero-order valence-corrected chi connectivity index (χ0v) is 17.5. The lowest BCUT2D eigenvalue weighted by Crippen LogP contribution is -1.97. The Morgan fingerprint density at radius 2 is 1.66 bits per heavy atom. The number of pyridine rings is 1. The van der Waals surface area contributed by atoms with E-state index in [1.165, 1.54) is 18.2 Å². The molecule has 0 radical (unpaired) electrons. The monoisotopic (exact) mass is 431 g/mol. The molecule has 160 valence electrons. The Kier molecular flexibility index (Phi) is 6.53. The Bertz CT molecular complexity index is 1320. The lowest BCUT2D eigenvalue weighted by Gasteiger charge is -2.05. The maximum atomic E-state index is 14.5. The van der Waals surface area contributed by atoms with Crippen LogP contribution in [0, 0.1) is 29.3 Å². The summed E-state index contributed by atoms with van der Waals surface area (Å²) in [5.74, 6) is 3.54. The van der Waals surface area contributed by atoms with Gasteiger partial charge in [-0.05, 0) is 65.8 Å². The maximum Gasteiger partial charge on any atom is 0.166 e. The minimum atomic E-state index is -0.891. The van der Waals surface area contributed by atoms with Gasteiger partial charge in [-0.1, -0.05) is 36.1 Å². The summed E-state index contributed by atoms with van der Waals surface area (Å²) in [4.78, 5) is 4.41. The van der Waals surface area contributed by atoms with Gasteiger partial charge in [-0.15, -0.1) is 0 Å². The van der Waals surface area contributed by atoms with E-state index < -0.39 is 17.5 Å². The van der Waals surface area contributed by atoms with E-state index in [9.17, 15) is 13.2 Å². The van der Waals surface area contributed by atoms with Crippen molar-refractivity contribution in [2.24, 2.45) is 0 Å². The number of hydrogen-bond acceptors (Lipinski definition) is 2. The number of fused-ring (bicyclic) bond motifs is 1. The van der Waals surface area contributed by atoms with E-state index in [-0.39, 0.29) is 10.9 Å². The van der Waals surface area contributed by atoms with Gasteiger partial charge in [-0.2, -0.15) is 0 Å². The highest BCUT2D eigenvalue weighted by atomic mass is 19.2. The fourth-order valence-electron chi connectivity index (χ4n) is 3.43. The van der Waals surface area contributed by atoms with Crippen LogP contribution in [-0.2, 0) is 24.2 Å². The van der Waals surface area contributed by atoms with Crippen LogP contribution in [-0.4, -0.2) is 12.1 Å². The molecule has 0 fully saturated rings. The topological polar surface area (TPSA) is 22.1 Å². The van der Waals surface area contributed by atoms with Gasteiger partial charge < -0.3 is 4.74 Å². The molecule has 0 N–H and O–H groups in total. The lowest BCUT2D eigenvalue weighted by molar-refractivity contribution is 0.184. The third kappa shape index (κ3) is 4.99. The zero-order chi connectivity index (χ0) is 22.5. The maximum absolute atomic E-state index is 14.5. The normalized spacial score (nSPS) is 10.8. The van der Waals surface area contributed by atoms with Crippen LogP contribution in [0.5, 0.6) is 0 Å². The van der Waals surface area contributed by atoms with Crippen molar-refractivity contribution >= 4 is 10.8 Å². The van der Waals surface area contributed by atoms with Crippen LogP contribution in [0.4, 0.5) is 13.2 Å². The van der Waals surface area contributed by atoms with Crippen LogP contribution in [0.15, 0.2) is 66.9 Å². The molecule has 5 heteroatoms. The summed E-state index contributed by atoms with van der Waals surface area (Å²) in [5.41, 5.74) is 3.67. The molecule has 4 rings (SSSR count). The van der Waals surface area contributed by atoms with Crippen LogP contribution in [0.2, 0.25) is 0 Å². The van der Waals surface area contributed by atoms with Gasteiger partial charge in [0, 0.05) is 30.0 Å². The minimum Gasteiger partial charge on any atom is -0.380 e. The highest BCUT2D eigenvalue weighted by Gasteiger charge is 2.07. The predicted molar refractivity (Wildman–Crippen MR) is 119 cm³/mol. The van der Waals surface area contributed by atoms with Crippen LogP contribution in [0.3, 0.4) is 0 Å². The first-order valence-corrected chi connectivity index (χ1v) is 10.1. The fourth-order valence-corrected chi connectivity index (χ4v) is 3.43. The zero-order valence-electron chi connectivity index (χ0n) is 17.5. The molecule has 2 nitrogen and oxygen atoms in total. The third-order valence-electron chi connectivity index (χ3n) is 5.15. The van der Waals surface area contributed by atoms with Crippen LogP contribution in [0.1, 0.15) is 27.9 Å². The van der Waals surface area contributed by atoms with Gasteiger partial charge in [-0.25, -0.2) is 13.2 Å². The Balaban J connectivity index is 1.45. The van der Waals surface area contributed by atoms with Gasteiger partial charge in [0.1, 0.15) is 5.82 Å². The van der Waals surface area contributed by atoms with E-state index in [1.54, 1.807) is 31.5 Å². The predicted octanol–water partition coefficient (Wildman–Crippen LogP) is 5.98. The van der Waals surface area contributed by atoms with Crippen molar-refractivity contribution in [3.63, 3.8) is 0 Å². The summed E-state index contributed by atoms with van der Waals surface area (Å²) >= 11 is 0. The van der Waals surface area contributed by atoms with Crippen molar-refractivity contribution in [3.05, 3.63) is 112 Å². The highest BCUT2D eigenvalue weighted by Crippen LogP contribution is 2.21. The number of ether oxygens (including phenoxy) is 1. The van der Waals surface area contributed by atoms with Crippen LogP contribution in [0.25, 0.3) is 10.8 Å². The Labute approximate surface area is 184 Å². The number of benzene rings is 3. The van der Waals surface area contributed by atoms with Gasteiger partial charge in [0.05, 0.1) is 12.2 Å². The summed E-state index contributed by atoms with van der Waals surface area (Å²) in [6.07, 6.45) is 3.15. The first kappa shape index (κ1) is 21.6. The Hall–Kier alpha value is -3.62. The molecule has 0 bridgehead atoms. The molecule has 0 unspecified atom stereocenters. The van der Waals surface area contributed by atoms with E-state index >= 15 is 0 Å². The lowest BCUT2D eigenvalue weighted by atomic mass is 10.0. The summed E-state index contributed by atoms with van der Waals surface area (Å²) in [5, 5.41) is 0.726.